The highest BCUT2D eigenvalue weighted by molar-refractivity contribution is 5.79. The molecule has 0 radical (unpaired) electrons. The SMILES string of the molecule is CCc1cc(C(C#N)N2CCC(O)CC2)ccc1N(C)c1cc2c(cn1)ncn2C. The van der Waals surface area contributed by atoms with Crippen molar-refractivity contribution in [1.82, 2.24) is 19.4 Å². The summed E-state index contributed by atoms with van der Waals surface area (Å²) in [4.78, 5) is 13.2. The number of likely N-dealkylation sites (tertiary alicyclic amines) is 1. The molecule has 1 fully saturated rings. The van der Waals surface area contributed by atoms with Crippen molar-refractivity contribution >= 4 is 22.5 Å². The standard InChI is InChI=1S/C23H28N6O/c1-4-16-11-17(22(13-24)29-9-7-18(30)8-10-29)5-6-20(16)28(3)23-12-21-19(14-25-23)26-15-27(21)2/h5-6,11-12,14-15,18,22,30H,4,7-10H2,1-3H3. The minimum atomic E-state index is -0.286. The predicted octanol–water partition coefficient (Wildman–Crippen LogP) is 3.32. The number of fused-ring (bicyclic) bond motifs is 1. The highest BCUT2D eigenvalue weighted by Gasteiger charge is 2.26. The molecule has 1 saturated heterocycles. The van der Waals surface area contributed by atoms with Crippen molar-refractivity contribution < 1.29 is 5.11 Å². The first-order valence-electron chi connectivity index (χ1n) is 10.5. The molecule has 156 valence electrons. The summed E-state index contributed by atoms with van der Waals surface area (Å²) in [5, 5.41) is 19.6. The monoisotopic (exact) mass is 404 g/mol. The largest absolute Gasteiger partial charge is 0.393 e. The average Bonchev–Trinajstić information content (AvgIpc) is 3.15. The number of aliphatic hydroxyl groups excluding tert-OH is 1. The van der Waals surface area contributed by atoms with E-state index in [1.54, 1.807) is 12.5 Å². The molecule has 2 aromatic heterocycles. The van der Waals surface area contributed by atoms with Gasteiger partial charge in [-0.1, -0.05) is 19.1 Å². The van der Waals surface area contributed by atoms with Gasteiger partial charge in [-0.15, -0.1) is 0 Å². The van der Waals surface area contributed by atoms with Crippen LogP contribution in [0.15, 0.2) is 36.8 Å². The van der Waals surface area contributed by atoms with E-state index in [-0.39, 0.29) is 12.1 Å². The third-order valence-electron chi connectivity index (χ3n) is 6.09. The van der Waals surface area contributed by atoms with Crippen molar-refractivity contribution in [2.45, 2.75) is 38.3 Å². The van der Waals surface area contributed by atoms with E-state index in [0.29, 0.717) is 0 Å². The maximum Gasteiger partial charge on any atom is 0.134 e. The predicted molar refractivity (Wildman–Crippen MR) is 118 cm³/mol. The number of piperidine rings is 1. The van der Waals surface area contributed by atoms with Gasteiger partial charge in [0.05, 0.1) is 30.2 Å². The van der Waals surface area contributed by atoms with Gasteiger partial charge in [-0.25, -0.2) is 9.97 Å². The molecule has 0 spiro atoms. The van der Waals surface area contributed by atoms with Crippen molar-refractivity contribution in [3.63, 3.8) is 0 Å². The molecule has 0 aliphatic carbocycles. The average molecular weight is 405 g/mol. The summed E-state index contributed by atoms with van der Waals surface area (Å²) in [6, 6.07) is 10.5. The van der Waals surface area contributed by atoms with Gasteiger partial charge in [0.15, 0.2) is 0 Å². The Hall–Kier alpha value is -2.95. The molecule has 0 bridgehead atoms. The highest BCUT2D eigenvalue weighted by atomic mass is 16.3. The van der Waals surface area contributed by atoms with Crippen molar-refractivity contribution in [2.24, 2.45) is 7.05 Å². The van der Waals surface area contributed by atoms with Gasteiger partial charge in [-0.2, -0.15) is 5.26 Å². The van der Waals surface area contributed by atoms with Gasteiger partial charge in [0.1, 0.15) is 17.4 Å². The minimum absolute atomic E-state index is 0.243. The zero-order valence-electron chi connectivity index (χ0n) is 17.8. The molecule has 3 heterocycles. The minimum Gasteiger partial charge on any atom is -0.393 e. The lowest BCUT2D eigenvalue weighted by Crippen LogP contribution is -2.38. The number of nitriles is 1. The maximum absolute atomic E-state index is 9.84. The molecular formula is C23H28N6O. The molecule has 0 amide bonds. The number of benzene rings is 1. The lowest BCUT2D eigenvalue weighted by molar-refractivity contribution is 0.0716. The van der Waals surface area contributed by atoms with Gasteiger partial charge < -0.3 is 14.6 Å². The number of aryl methyl sites for hydroxylation is 2. The number of hydrogen-bond donors (Lipinski definition) is 1. The van der Waals surface area contributed by atoms with Crippen LogP contribution in [0, 0.1) is 11.3 Å². The number of anilines is 2. The van der Waals surface area contributed by atoms with Crippen molar-refractivity contribution in [2.75, 3.05) is 25.0 Å². The summed E-state index contributed by atoms with van der Waals surface area (Å²) in [7, 11) is 4.00. The Morgan fingerprint density at radius 2 is 2.03 bits per heavy atom. The van der Waals surface area contributed by atoms with Crippen LogP contribution >= 0.6 is 0 Å². The number of nitrogens with zero attached hydrogens (tertiary/aromatic N) is 6. The molecule has 0 saturated carbocycles. The first-order chi connectivity index (χ1) is 14.5. The summed E-state index contributed by atoms with van der Waals surface area (Å²) < 4.78 is 1.99. The van der Waals surface area contributed by atoms with Crippen LogP contribution in [-0.2, 0) is 13.5 Å². The molecule has 4 rings (SSSR count). The summed E-state index contributed by atoms with van der Waals surface area (Å²) >= 11 is 0. The van der Waals surface area contributed by atoms with Crippen LogP contribution in [0.5, 0.6) is 0 Å². The zero-order valence-corrected chi connectivity index (χ0v) is 17.8. The second kappa shape index (κ2) is 8.42. The Bertz CT molecular complexity index is 1080. The Kier molecular flexibility index (Phi) is 5.71. The van der Waals surface area contributed by atoms with E-state index in [4.69, 9.17) is 0 Å². The molecule has 1 aromatic carbocycles. The number of imidazole rings is 1. The molecular weight excluding hydrogens is 376 g/mol. The normalized spacial score (nSPS) is 16.5. The van der Waals surface area contributed by atoms with E-state index in [1.807, 2.05) is 30.8 Å². The van der Waals surface area contributed by atoms with E-state index in [0.717, 1.165) is 60.5 Å². The fraction of sp³-hybridized carbons (Fsp3) is 0.435. The van der Waals surface area contributed by atoms with E-state index in [9.17, 15) is 10.4 Å². The highest BCUT2D eigenvalue weighted by Crippen LogP contribution is 2.32. The number of pyridine rings is 1. The smallest absolute Gasteiger partial charge is 0.134 e. The van der Waals surface area contributed by atoms with Crippen LogP contribution in [0.25, 0.3) is 11.0 Å². The second-order valence-electron chi connectivity index (χ2n) is 7.99. The van der Waals surface area contributed by atoms with Crippen LogP contribution in [-0.4, -0.2) is 50.8 Å². The lowest BCUT2D eigenvalue weighted by atomic mass is 9.98. The van der Waals surface area contributed by atoms with Crippen LogP contribution in [0.3, 0.4) is 0 Å². The van der Waals surface area contributed by atoms with Gasteiger partial charge in [-0.3, -0.25) is 4.90 Å². The van der Waals surface area contributed by atoms with Crippen LogP contribution in [0.4, 0.5) is 11.5 Å². The van der Waals surface area contributed by atoms with Crippen molar-refractivity contribution in [3.05, 3.63) is 47.9 Å². The number of aliphatic hydroxyl groups is 1. The molecule has 7 nitrogen and oxygen atoms in total. The van der Waals surface area contributed by atoms with Crippen LogP contribution < -0.4 is 4.90 Å². The quantitative estimate of drug-likeness (QED) is 0.703. The third kappa shape index (κ3) is 3.76. The van der Waals surface area contributed by atoms with E-state index in [2.05, 4.69) is 44.9 Å². The molecule has 30 heavy (non-hydrogen) atoms. The fourth-order valence-corrected chi connectivity index (χ4v) is 4.22. The molecule has 1 aliphatic rings. The second-order valence-corrected chi connectivity index (χ2v) is 7.99. The van der Waals surface area contributed by atoms with Gasteiger partial charge in [0, 0.05) is 38.9 Å². The van der Waals surface area contributed by atoms with Crippen molar-refractivity contribution in [1.29, 1.82) is 5.26 Å². The van der Waals surface area contributed by atoms with E-state index < -0.39 is 0 Å². The molecule has 1 N–H and O–H groups in total. The molecule has 7 heteroatoms. The maximum atomic E-state index is 9.84. The Morgan fingerprint density at radius 3 is 2.73 bits per heavy atom. The van der Waals surface area contributed by atoms with Crippen LogP contribution in [0.1, 0.15) is 36.9 Å². The van der Waals surface area contributed by atoms with Crippen LogP contribution in [0.2, 0.25) is 0 Å². The number of hydrogen-bond acceptors (Lipinski definition) is 6. The fourth-order valence-electron chi connectivity index (χ4n) is 4.22. The number of aromatic nitrogens is 3. The number of rotatable bonds is 5. The van der Waals surface area contributed by atoms with E-state index >= 15 is 0 Å². The summed E-state index contributed by atoms with van der Waals surface area (Å²) in [5.41, 5.74) is 5.20. The van der Waals surface area contributed by atoms with Gasteiger partial charge in [0.25, 0.3) is 0 Å². The van der Waals surface area contributed by atoms with Gasteiger partial charge >= 0.3 is 0 Å². The van der Waals surface area contributed by atoms with E-state index in [1.165, 1.54) is 5.56 Å². The molecule has 1 unspecified atom stereocenters. The zero-order chi connectivity index (χ0) is 21.3. The molecule has 3 aromatic rings. The lowest BCUT2D eigenvalue weighted by Gasteiger charge is -2.33. The topological polar surface area (TPSA) is 81.2 Å². The van der Waals surface area contributed by atoms with Gasteiger partial charge in [-0.05, 0) is 36.5 Å². The summed E-state index contributed by atoms with van der Waals surface area (Å²) in [6.45, 7) is 3.63. The van der Waals surface area contributed by atoms with Crippen molar-refractivity contribution in [3.8, 4) is 6.07 Å². The first kappa shape index (κ1) is 20.3. The first-order valence-corrected chi connectivity index (χ1v) is 10.5. The molecule has 1 atom stereocenters. The Labute approximate surface area is 177 Å². The summed E-state index contributed by atoms with van der Waals surface area (Å²) in [6.07, 6.45) is 5.66. The Morgan fingerprint density at radius 1 is 1.27 bits per heavy atom. The molecule has 1 aliphatic heterocycles. The summed E-state index contributed by atoms with van der Waals surface area (Å²) in [5.74, 6) is 0.857. The van der Waals surface area contributed by atoms with Gasteiger partial charge in [0.2, 0.25) is 0 Å². The Balaban J connectivity index is 1.64. The third-order valence-corrected chi connectivity index (χ3v) is 6.09.